The summed E-state index contributed by atoms with van der Waals surface area (Å²) in [5.74, 6) is -0.298. The fraction of sp³-hybridized carbons (Fsp3) is 0.562. The quantitative estimate of drug-likeness (QED) is 0.782. The summed E-state index contributed by atoms with van der Waals surface area (Å²) < 4.78 is 18.1. The molecule has 0 spiro atoms. The first-order valence-electron chi connectivity index (χ1n) is 7.08. The summed E-state index contributed by atoms with van der Waals surface area (Å²) in [6, 6.07) is 5.97. The summed E-state index contributed by atoms with van der Waals surface area (Å²) in [5.41, 5.74) is 5.75. The lowest BCUT2D eigenvalue weighted by atomic mass is 9.72. The second-order valence-corrected chi connectivity index (χ2v) is 5.17. The fourth-order valence-electron chi connectivity index (χ4n) is 2.64. The number of rotatable bonds is 7. The highest BCUT2D eigenvalue weighted by Crippen LogP contribution is 2.34. The van der Waals surface area contributed by atoms with Crippen molar-refractivity contribution >= 4 is 5.97 Å². The van der Waals surface area contributed by atoms with Gasteiger partial charge in [-0.1, -0.05) is 38.8 Å². The first-order chi connectivity index (χ1) is 9.53. The van der Waals surface area contributed by atoms with Crippen LogP contribution in [0.3, 0.4) is 0 Å². The molecule has 0 aliphatic rings. The van der Waals surface area contributed by atoms with Gasteiger partial charge >= 0.3 is 5.97 Å². The van der Waals surface area contributed by atoms with Crippen LogP contribution in [0.4, 0.5) is 4.39 Å². The Bertz CT molecular complexity index is 429. The summed E-state index contributed by atoms with van der Waals surface area (Å²) in [4.78, 5) is 12.3. The maximum atomic E-state index is 13.1. The monoisotopic (exact) mass is 281 g/mol. The molecule has 3 nitrogen and oxygen atoms in total. The number of methoxy groups -OCH3 is 1. The molecule has 20 heavy (non-hydrogen) atoms. The van der Waals surface area contributed by atoms with E-state index in [2.05, 4.69) is 13.8 Å². The highest BCUT2D eigenvalue weighted by molar-refractivity contribution is 5.83. The van der Waals surface area contributed by atoms with E-state index < -0.39 is 5.41 Å². The Labute approximate surface area is 120 Å². The Morgan fingerprint density at radius 1 is 1.30 bits per heavy atom. The Morgan fingerprint density at radius 3 is 2.25 bits per heavy atom. The molecule has 112 valence electrons. The zero-order chi connectivity index (χ0) is 15.2. The van der Waals surface area contributed by atoms with E-state index in [-0.39, 0.29) is 18.3 Å². The molecular weight excluding hydrogens is 257 g/mol. The van der Waals surface area contributed by atoms with Gasteiger partial charge in [-0.25, -0.2) is 4.39 Å². The van der Waals surface area contributed by atoms with Gasteiger partial charge in [0.25, 0.3) is 0 Å². The van der Waals surface area contributed by atoms with Gasteiger partial charge in [0.15, 0.2) is 0 Å². The Morgan fingerprint density at radius 2 is 1.85 bits per heavy atom. The average molecular weight is 281 g/mol. The number of halogens is 1. The molecule has 0 aromatic heterocycles. The minimum absolute atomic E-state index is 0.155. The summed E-state index contributed by atoms with van der Waals surface area (Å²) in [5, 5.41) is 0. The lowest BCUT2D eigenvalue weighted by Crippen LogP contribution is -2.45. The molecule has 0 heterocycles. The number of nitrogens with two attached hydrogens (primary N) is 1. The number of ether oxygens (including phenoxy) is 1. The van der Waals surface area contributed by atoms with Crippen molar-refractivity contribution in [2.75, 3.05) is 13.7 Å². The van der Waals surface area contributed by atoms with Gasteiger partial charge in [0.1, 0.15) is 11.2 Å². The van der Waals surface area contributed by atoms with Crippen LogP contribution in [-0.2, 0) is 14.9 Å². The highest BCUT2D eigenvalue weighted by Gasteiger charge is 2.41. The van der Waals surface area contributed by atoms with Crippen LogP contribution in [0.5, 0.6) is 0 Å². The molecule has 0 aliphatic heterocycles. The Hall–Kier alpha value is -1.42. The van der Waals surface area contributed by atoms with Crippen molar-refractivity contribution in [1.29, 1.82) is 0 Å². The fourth-order valence-corrected chi connectivity index (χ4v) is 2.64. The topological polar surface area (TPSA) is 52.3 Å². The van der Waals surface area contributed by atoms with Crippen molar-refractivity contribution in [3.05, 3.63) is 35.6 Å². The zero-order valence-electron chi connectivity index (χ0n) is 12.5. The lowest BCUT2D eigenvalue weighted by molar-refractivity contribution is -0.148. The number of carbonyl (C=O) groups excluding carboxylic acids is 1. The van der Waals surface area contributed by atoms with Crippen LogP contribution < -0.4 is 5.73 Å². The lowest BCUT2D eigenvalue weighted by Gasteiger charge is -2.33. The minimum atomic E-state index is -0.890. The molecule has 0 fully saturated rings. The molecule has 0 amide bonds. The highest BCUT2D eigenvalue weighted by atomic mass is 19.1. The maximum absolute atomic E-state index is 13.1. The molecule has 1 rings (SSSR count). The van der Waals surface area contributed by atoms with E-state index in [1.54, 1.807) is 12.1 Å². The van der Waals surface area contributed by atoms with Gasteiger partial charge in [0.2, 0.25) is 0 Å². The average Bonchev–Trinajstić information content (AvgIpc) is 2.49. The molecular formula is C16H24FNO2. The largest absolute Gasteiger partial charge is 0.468 e. The maximum Gasteiger partial charge on any atom is 0.317 e. The molecule has 1 aromatic rings. The van der Waals surface area contributed by atoms with Crippen molar-refractivity contribution < 1.29 is 13.9 Å². The van der Waals surface area contributed by atoms with Crippen LogP contribution >= 0.6 is 0 Å². The van der Waals surface area contributed by atoms with E-state index in [1.165, 1.54) is 19.2 Å². The van der Waals surface area contributed by atoms with Crippen LogP contribution in [0.2, 0.25) is 0 Å². The van der Waals surface area contributed by atoms with E-state index in [0.29, 0.717) is 12.3 Å². The minimum Gasteiger partial charge on any atom is -0.468 e. The molecule has 4 heteroatoms. The number of benzene rings is 1. The second kappa shape index (κ2) is 7.39. The van der Waals surface area contributed by atoms with Crippen LogP contribution in [-0.4, -0.2) is 19.6 Å². The smallest absolute Gasteiger partial charge is 0.317 e. The van der Waals surface area contributed by atoms with Gasteiger partial charge in [-0.15, -0.1) is 0 Å². The molecule has 0 aliphatic carbocycles. The molecule has 1 aromatic carbocycles. The van der Waals surface area contributed by atoms with Gasteiger partial charge in [-0.2, -0.15) is 0 Å². The summed E-state index contributed by atoms with van der Waals surface area (Å²) in [6.07, 6.45) is 2.56. The molecule has 1 atom stereocenters. The van der Waals surface area contributed by atoms with E-state index in [4.69, 9.17) is 10.5 Å². The number of carbonyl (C=O) groups is 1. The van der Waals surface area contributed by atoms with Crippen LogP contribution in [0.15, 0.2) is 24.3 Å². The first-order valence-corrected chi connectivity index (χ1v) is 7.08. The SMILES string of the molecule is CCC(CC)CC(CN)(C(=O)OC)c1ccc(F)cc1. The molecule has 0 radical (unpaired) electrons. The van der Waals surface area contributed by atoms with Crippen LogP contribution in [0, 0.1) is 11.7 Å². The molecule has 0 bridgehead atoms. The molecule has 0 saturated heterocycles. The van der Waals surface area contributed by atoms with Gasteiger partial charge in [-0.3, -0.25) is 4.79 Å². The van der Waals surface area contributed by atoms with Crippen LogP contribution in [0.25, 0.3) is 0 Å². The predicted molar refractivity (Wildman–Crippen MR) is 77.8 cm³/mol. The van der Waals surface area contributed by atoms with Gasteiger partial charge < -0.3 is 10.5 Å². The van der Waals surface area contributed by atoms with E-state index in [9.17, 15) is 9.18 Å². The van der Waals surface area contributed by atoms with Gasteiger partial charge in [-0.05, 0) is 30.0 Å². The second-order valence-electron chi connectivity index (χ2n) is 5.17. The number of hydrogen-bond donors (Lipinski definition) is 1. The van der Waals surface area contributed by atoms with Crippen molar-refractivity contribution in [3.63, 3.8) is 0 Å². The molecule has 2 N–H and O–H groups in total. The predicted octanol–water partition coefficient (Wildman–Crippen LogP) is 3.02. The van der Waals surface area contributed by atoms with E-state index in [1.807, 2.05) is 0 Å². The van der Waals surface area contributed by atoms with Crippen LogP contribution in [0.1, 0.15) is 38.7 Å². The van der Waals surface area contributed by atoms with Crippen molar-refractivity contribution in [3.8, 4) is 0 Å². The van der Waals surface area contributed by atoms with Gasteiger partial charge in [0.05, 0.1) is 7.11 Å². The first kappa shape index (κ1) is 16.6. The summed E-state index contributed by atoms with van der Waals surface area (Å²) in [7, 11) is 1.36. The normalized spacial score (nSPS) is 14.1. The van der Waals surface area contributed by atoms with Crippen molar-refractivity contribution in [2.24, 2.45) is 11.7 Å². The standard InChI is InChI=1S/C16H24FNO2/c1-4-12(5-2)10-16(11-18,15(19)20-3)13-6-8-14(17)9-7-13/h6-9,12H,4-5,10-11,18H2,1-3H3. The van der Waals surface area contributed by atoms with E-state index >= 15 is 0 Å². The number of hydrogen-bond acceptors (Lipinski definition) is 3. The Kier molecular flexibility index (Phi) is 6.14. The van der Waals surface area contributed by atoms with E-state index in [0.717, 1.165) is 18.4 Å². The third-order valence-electron chi connectivity index (χ3n) is 4.11. The molecule has 1 unspecified atom stereocenters. The summed E-state index contributed by atoms with van der Waals surface area (Å²) >= 11 is 0. The van der Waals surface area contributed by atoms with Crippen molar-refractivity contribution in [1.82, 2.24) is 0 Å². The molecule has 0 saturated carbocycles. The third kappa shape index (κ3) is 3.37. The Balaban J connectivity index is 3.24. The zero-order valence-corrected chi connectivity index (χ0v) is 12.5. The third-order valence-corrected chi connectivity index (χ3v) is 4.11. The van der Waals surface area contributed by atoms with Gasteiger partial charge in [0, 0.05) is 6.54 Å². The van der Waals surface area contributed by atoms with Crippen molar-refractivity contribution in [2.45, 2.75) is 38.5 Å². The summed E-state index contributed by atoms with van der Waals surface area (Å²) in [6.45, 7) is 4.34. The number of esters is 1.